The van der Waals surface area contributed by atoms with Gasteiger partial charge in [-0.2, -0.15) is 0 Å². The number of carboxylic acid groups (broad SMARTS) is 1. The van der Waals surface area contributed by atoms with Crippen molar-refractivity contribution in [2.45, 2.75) is 89.9 Å². The van der Waals surface area contributed by atoms with Gasteiger partial charge in [0.15, 0.2) is 0 Å². The maximum absolute atomic E-state index is 10.9. The molecule has 24 heavy (non-hydrogen) atoms. The molecule has 0 radical (unpaired) electrons. The molecule has 0 atom stereocenters. The third-order valence-electron chi connectivity index (χ3n) is 5.69. The summed E-state index contributed by atoms with van der Waals surface area (Å²) in [6.45, 7) is 2.27. The van der Waals surface area contributed by atoms with Gasteiger partial charge in [-0.05, 0) is 55.2 Å². The molecule has 1 aromatic rings. The Bertz CT molecular complexity index is 469. The second-order valence-electron chi connectivity index (χ2n) is 7.55. The van der Waals surface area contributed by atoms with Crippen molar-refractivity contribution in [3.63, 3.8) is 0 Å². The summed E-state index contributed by atoms with van der Waals surface area (Å²) in [5.74, 6) is 0.730. The van der Waals surface area contributed by atoms with Crippen LogP contribution >= 0.6 is 0 Å². The van der Waals surface area contributed by atoms with E-state index in [0.717, 1.165) is 5.92 Å². The van der Waals surface area contributed by atoms with E-state index in [-0.39, 0.29) is 0 Å². The van der Waals surface area contributed by atoms with Crippen LogP contribution in [0, 0.1) is 5.92 Å². The fourth-order valence-corrected chi connectivity index (χ4v) is 4.07. The van der Waals surface area contributed by atoms with Crippen molar-refractivity contribution in [1.82, 2.24) is 0 Å². The lowest BCUT2D eigenvalue weighted by atomic mass is 9.77. The second-order valence-corrected chi connectivity index (χ2v) is 7.55. The van der Waals surface area contributed by atoms with E-state index < -0.39 is 5.97 Å². The van der Waals surface area contributed by atoms with E-state index in [4.69, 9.17) is 5.11 Å². The highest BCUT2D eigenvalue weighted by molar-refractivity contribution is 5.87. The van der Waals surface area contributed by atoms with Gasteiger partial charge in [-0.1, -0.05) is 70.4 Å². The van der Waals surface area contributed by atoms with Crippen molar-refractivity contribution in [3.05, 3.63) is 35.4 Å². The summed E-state index contributed by atoms with van der Waals surface area (Å²) in [4.78, 5) is 10.9. The molecule has 0 heterocycles. The Labute approximate surface area is 147 Å². The highest BCUT2D eigenvalue weighted by Gasteiger charge is 2.22. The highest BCUT2D eigenvalue weighted by Crippen LogP contribution is 2.37. The summed E-state index contributed by atoms with van der Waals surface area (Å²) in [5.41, 5.74) is 1.72. The molecule has 2 heteroatoms. The molecule has 0 aliphatic heterocycles. The third-order valence-corrected chi connectivity index (χ3v) is 5.69. The van der Waals surface area contributed by atoms with Crippen molar-refractivity contribution in [3.8, 4) is 0 Å². The van der Waals surface area contributed by atoms with Gasteiger partial charge < -0.3 is 5.11 Å². The molecule has 0 unspecified atom stereocenters. The fraction of sp³-hybridized carbons (Fsp3) is 0.682. The van der Waals surface area contributed by atoms with Gasteiger partial charge in [0.25, 0.3) is 0 Å². The molecule has 0 amide bonds. The number of aromatic carboxylic acids is 1. The van der Waals surface area contributed by atoms with E-state index in [1.807, 2.05) is 12.1 Å². The van der Waals surface area contributed by atoms with Crippen LogP contribution in [0.15, 0.2) is 24.3 Å². The number of hydrogen-bond acceptors (Lipinski definition) is 1. The summed E-state index contributed by atoms with van der Waals surface area (Å²) in [6.07, 6.45) is 16.5. The SMILES string of the molecule is CCCCCCCCCC1CCC(c2ccc(C(=O)O)cc2)CC1. The first-order chi connectivity index (χ1) is 11.7. The van der Waals surface area contributed by atoms with E-state index in [9.17, 15) is 4.79 Å². The van der Waals surface area contributed by atoms with Crippen LogP contribution in [0.2, 0.25) is 0 Å². The van der Waals surface area contributed by atoms with Crippen molar-refractivity contribution >= 4 is 5.97 Å². The van der Waals surface area contributed by atoms with Crippen molar-refractivity contribution in [2.75, 3.05) is 0 Å². The predicted molar refractivity (Wildman–Crippen MR) is 101 cm³/mol. The summed E-state index contributed by atoms with van der Waals surface area (Å²) >= 11 is 0. The van der Waals surface area contributed by atoms with Gasteiger partial charge >= 0.3 is 5.97 Å². The van der Waals surface area contributed by atoms with Crippen LogP contribution in [0.1, 0.15) is 106 Å². The molecule has 1 aromatic carbocycles. The first-order valence-corrected chi connectivity index (χ1v) is 10.0. The zero-order valence-corrected chi connectivity index (χ0v) is 15.3. The largest absolute Gasteiger partial charge is 0.478 e. The lowest BCUT2D eigenvalue weighted by Crippen LogP contribution is -2.13. The van der Waals surface area contributed by atoms with E-state index >= 15 is 0 Å². The van der Waals surface area contributed by atoms with Crippen LogP contribution in [-0.4, -0.2) is 11.1 Å². The number of carboxylic acids is 1. The smallest absolute Gasteiger partial charge is 0.335 e. The molecular formula is C22H34O2. The molecule has 2 nitrogen and oxygen atoms in total. The average molecular weight is 331 g/mol. The van der Waals surface area contributed by atoms with Crippen LogP contribution < -0.4 is 0 Å². The maximum Gasteiger partial charge on any atom is 0.335 e. The molecule has 1 saturated carbocycles. The van der Waals surface area contributed by atoms with Gasteiger partial charge in [0.2, 0.25) is 0 Å². The minimum Gasteiger partial charge on any atom is -0.478 e. The Morgan fingerprint density at radius 2 is 1.50 bits per heavy atom. The zero-order chi connectivity index (χ0) is 17.2. The van der Waals surface area contributed by atoms with Crippen LogP contribution in [0.5, 0.6) is 0 Å². The molecule has 134 valence electrons. The van der Waals surface area contributed by atoms with E-state index in [1.165, 1.54) is 82.6 Å². The van der Waals surface area contributed by atoms with Crippen LogP contribution in [-0.2, 0) is 0 Å². The summed E-state index contributed by atoms with van der Waals surface area (Å²) in [7, 11) is 0. The first kappa shape index (κ1) is 19.0. The van der Waals surface area contributed by atoms with Crippen LogP contribution in [0.4, 0.5) is 0 Å². The van der Waals surface area contributed by atoms with Crippen molar-refractivity contribution in [1.29, 1.82) is 0 Å². The molecule has 2 rings (SSSR count). The van der Waals surface area contributed by atoms with Gasteiger partial charge in [-0.25, -0.2) is 4.79 Å². The molecule has 1 aliphatic carbocycles. The molecule has 1 aliphatic rings. The number of unbranched alkanes of at least 4 members (excludes halogenated alkanes) is 6. The van der Waals surface area contributed by atoms with Crippen LogP contribution in [0.25, 0.3) is 0 Å². The Morgan fingerprint density at radius 3 is 2.08 bits per heavy atom. The molecule has 0 bridgehead atoms. The maximum atomic E-state index is 10.9. The number of hydrogen-bond donors (Lipinski definition) is 1. The Morgan fingerprint density at radius 1 is 0.917 bits per heavy atom. The van der Waals surface area contributed by atoms with Crippen LogP contribution in [0.3, 0.4) is 0 Å². The average Bonchev–Trinajstić information content (AvgIpc) is 2.61. The summed E-state index contributed by atoms with van der Waals surface area (Å²) in [5, 5.41) is 8.98. The van der Waals surface area contributed by atoms with Gasteiger partial charge in [0.1, 0.15) is 0 Å². The first-order valence-electron chi connectivity index (χ1n) is 10.0. The van der Waals surface area contributed by atoms with Crippen molar-refractivity contribution in [2.24, 2.45) is 5.92 Å². The van der Waals surface area contributed by atoms with Crippen molar-refractivity contribution < 1.29 is 9.90 Å². The van der Waals surface area contributed by atoms with Gasteiger partial charge in [0, 0.05) is 0 Å². The molecule has 0 aromatic heterocycles. The normalized spacial score (nSPS) is 20.9. The Hall–Kier alpha value is -1.31. The van der Waals surface area contributed by atoms with E-state index in [0.29, 0.717) is 11.5 Å². The topological polar surface area (TPSA) is 37.3 Å². The van der Waals surface area contributed by atoms with Gasteiger partial charge in [-0.15, -0.1) is 0 Å². The quantitative estimate of drug-likeness (QED) is 0.479. The number of benzene rings is 1. The minimum atomic E-state index is -0.833. The Kier molecular flexibility index (Phi) is 8.35. The molecule has 0 spiro atoms. The molecular weight excluding hydrogens is 296 g/mol. The standard InChI is InChI=1S/C22H34O2/c1-2-3-4-5-6-7-8-9-18-10-12-19(13-11-18)20-14-16-21(17-15-20)22(23)24/h14-19H,2-13H2,1H3,(H,23,24). The molecule has 1 fully saturated rings. The fourth-order valence-electron chi connectivity index (χ4n) is 4.07. The van der Waals surface area contributed by atoms with Gasteiger partial charge in [-0.3, -0.25) is 0 Å². The summed E-state index contributed by atoms with van der Waals surface area (Å²) < 4.78 is 0. The third kappa shape index (κ3) is 6.30. The summed E-state index contributed by atoms with van der Waals surface area (Å²) in [6, 6.07) is 7.54. The molecule has 0 saturated heterocycles. The predicted octanol–water partition coefficient (Wildman–Crippen LogP) is 6.80. The Balaban J connectivity index is 1.62. The van der Waals surface area contributed by atoms with E-state index in [1.54, 1.807) is 12.1 Å². The zero-order valence-electron chi connectivity index (χ0n) is 15.3. The molecule has 1 N–H and O–H groups in total. The number of rotatable bonds is 10. The number of carbonyl (C=O) groups is 1. The van der Waals surface area contributed by atoms with Gasteiger partial charge in [0.05, 0.1) is 5.56 Å². The minimum absolute atomic E-state index is 0.395. The van der Waals surface area contributed by atoms with E-state index in [2.05, 4.69) is 6.92 Å². The lowest BCUT2D eigenvalue weighted by Gasteiger charge is -2.29. The highest BCUT2D eigenvalue weighted by atomic mass is 16.4. The lowest BCUT2D eigenvalue weighted by molar-refractivity contribution is 0.0697. The second kappa shape index (κ2) is 10.5. The monoisotopic (exact) mass is 330 g/mol.